The van der Waals surface area contributed by atoms with Gasteiger partial charge in [-0.1, -0.05) is 78.6 Å². The van der Waals surface area contributed by atoms with Crippen molar-refractivity contribution in [3.63, 3.8) is 0 Å². The van der Waals surface area contributed by atoms with Crippen LogP contribution in [0.1, 0.15) is 5.56 Å². The predicted octanol–water partition coefficient (Wildman–Crippen LogP) is 8.93. The van der Waals surface area contributed by atoms with Crippen LogP contribution < -0.4 is 0 Å². The monoisotopic (exact) mass is 534 g/mol. The summed E-state index contributed by atoms with van der Waals surface area (Å²) in [4.78, 5) is 3.75. The molecule has 0 aliphatic heterocycles. The van der Waals surface area contributed by atoms with Gasteiger partial charge >= 0.3 is 0 Å². The van der Waals surface area contributed by atoms with Crippen LogP contribution in [0.25, 0.3) is 70.7 Å². The molecule has 0 aliphatic rings. The summed E-state index contributed by atoms with van der Waals surface area (Å²) in [7, 11) is 0. The lowest BCUT2D eigenvalue weighted by Gasteiger charge is -2.17. The molecule has 2 heterocycles. The van der Waals surface area contributed by atoms with E-state index in [4.69, 9.17) is 19.4 Å². The minimum Gasteiger partial charge on any atom is -0.328 e. The van der Waals surface area contributed by atoms with Crippen molar-refractivity contribution in [2.75, 3.05) is 0 Å². The molecule has 0 aliphatic carbocycles. The van der Waals surface area contributed by atoms with Crippen molar-refractivity contribution in [2.24, 2.45) is 0 Å². The zero-order valence-corrected chi connectivity index (χ0v) is 22.6. The van der Waals surface area contributed by atoms with Gasteiger partial charge in [0.15, 0.2) is 5.69 Å². The first-order valence-corrected chi connectivity index (χ1v) is 13.5. The average molecular weight is 535 g/mol. The Kier molecular flexibility index (Phi) is 5.77. The molecule has 0 saturated heterocycles. The maximum absolute atomic E-state index is 9.84. The molecule has 0 saturated carbocycles. The summed E-state index contributed by atoms with van der Waals surface area (Å²) < 4.78 is 4.41. The van der Waals surface area contributed by atoms with Gasteiger partial charge in [-0.3, -0.25) is 0 Å². The van der Waals surface area contributed by atoms with E-state index in [0.29, 0.717) is 24.3 Å². The lowest BCUT2D eigenvalue weighted by Crippen LogP contribution is -2.00. The Bertz CT molecular complexity index is 2230. The van der Waals surface area contributed by atoms with E-state index < -0.39 is 0 Å². The number of para-hydroxylation sites is 2. The van der Waals surface area contributed by atoms with E-state index in [1.165, 1.54) is 0 Å². The minimum absolute atomic E-state index is 0.366. The van der Waals surface area contributed by atoms with E-state index >= 15 is 0 Å². The lowest BCUT2D eigenvalue weighted by atomic mass is 9.89. The largest absolute Gasteiger partial charge is 0.328 e. The van der Waals surface area contributed by atoms with Crippen molar-refractivity contribution in [1.82, 2.24) is 9.13 Å². The molecular formula is C38H22N4. The summed E-state index contributed by atoms with van der Waals surface area (Å²) in [6.07, 6.45) is 12.0. The minimum atomic E-state index is 0.366. The Morgan fingerprint density at radius 1 is 0.667 bits per heavy atom. The van der Waals surface area contributed by atoms with E-state index in [-0.39, 0.29) is 0 Å². The Balaban J connectivity index is 1.89. The Hall–Kier alpha value is -6.20. The van der Waals surface area contributed by atoms with Gasteiger partial charge in [0.2, 0.25) is 0 Å². The van der Waals surface area contributed by atoms with Crippen LogP contribution in [-0.4, -0.2) is 9.13 Å². The molecule has 42 heavy (non-hydrogen) atoms. The second-order valence-corrected chi connectivity index (χ2v) is 10.2. The van der Waals surface area contributed by atoms with Gasteiger partial charge in [0.25, 0.3) is 0 Å². The molecule has 4 nitrogen and oxygen atoms in total. The van der Waals surface area contributed by atoms with Crippen molar-refractivity contribution in [1.29, 1.82) is 5.26 Å². The number of rotatable bonds is 4. The van der Waals surface area contributed by atoms with Gasteiger partial charge in [-0.2, -0.15) is 5.26 Å². The molecule has 0 bridgehead atoms. The Morgan fingerprint density at radius 3 is 1.71 bits per heavy atom. The summed E-state index contributed by atoms with van der Waals surface area (Å²) in [6.45, 7) is 8.47. The van der Waals surface area contributed by atoms with Gasteiger partial charge in [-0.25, -0.2) is 4.85 Å². The summed E-state index contributed by atoms with van der Waals surface area (Å²) in [5.41, 5.74) is 9.02. The summed E-state index contributed by atoms with van der Waals surface area (Å²) in [5.74, 6) is 5.77. The molecule has 0 unspecified atom stereocenters. The Morgan fingerprint density at radius 2 is 1.19 bits per heavy atom. The smallest absolute Gasteiger partial charge is 0.187 e. The second-order valence-electron chi connectivity index (χ2n) is 10.2. The van der Waals surface area contributed by atoms with Crippen LogP contribution in [0, 0.1) is 42.6 Å². The third-order valence-electron chi connectivity index (χ3n) is 7.96. The number of fused-ring (bicyclic) bond motifs is 6. The SMILES string of the molecule is [C-]#[N+]c1cccc(-c2c3c4ccccc4n(CC#C)c3c(-c3cccc(C#N)c3)c3c4ccccc4n(CC#C)c23)c1. The number of terminal acetylenes is 2. The number of aromatic nitrogens is 2. The molecule has 0 spiro atoms. The quantitative estimate of drug-likeness (QED) is 0.164. The standard InChI is InChI=1S/C38H22N4/c1-4-20-41-32-19-9-7-17-30(32)36-34(27-14-11-15-28(23-27)40-3)38-35(29-16-6-8-18-31(29)42(38)21-5-2)33(37(36)41)26-13-10-12-25(22-26)24-39/h1-2,6-19,22-23H,20-21H2. The third-order valence-corrected chi connectivity index (χ3v) is 7.96. The van der Waals surface area contributed by atoms with Crippen molar-refractivity contribution in [2.45, 2.75) is 13.1 Å². The predicted molar refractivity (Wildman–Crippen MR) is 172 cm³/mol. The van der Waals surface area contributed by atoms with E-state index in [0.717, 1.165) is 65.9 Å². The van der Waals surface area contributed by atoms with Crippen molar-refractivity contribution >= 4 is 49.3 Å². The van der Waals surface area contributed by atoms with E-state index in [1.807, 2.05) is 60.7 Å². The highest BCUT2D eigenvalue weighted by Crippen LogP contribution is 2.50. The zero-order valence-electron chi connectivity index (χ0n) is 22.6. The topological polar surface area (TPSA) is 38.0 Å². The van der Waals surface area contributed by atoms with Crippen LogP contribution in [0.2, 0.25) is 0 Å². The molecule has 0 amide bonds. The van der Waals surface area contributed by atoms with Gasteiger partial charge in [-0.15, -0.1) is 12.8 Å². The maximum Gasteiger partial charge on any atom is 0.187 e. The first-order valence-electron chi connectivity index (χ1n) is 13.5. The molecule has 0 fully saturated rings. The number of nitriles is 1. The average Bonchev–Trinajstić information content (AvgIpc) is 3.53. The molecule has 0 radical (unpaired) electrons. The number of benzene rings is 5. The second kappa shape index (κ2) is 9.77. The highest BCUT2D eigenvalue weighted by atomic mass is 15.0. The fourth-order valence-corrected chi connectivity index (χ4v) is 6.42. The zero-order chi connectivity index (χ0) is 28.8. The van der Waals surface area contributed by atoms with Crippen LogP contribution in [0.3, 0.4) is 0 Å². The van der Waals surface area contributed by atoms with Crippen molar-refractivity contribution in [3.05, 3.63) is 114 Å². The maximum atomic E-state index is 9.84. The molecule has 5 aromatic carbocycles. The summed E-state index contributed by atoms with van der Waals surface area (Å²) >= 11 is 0. The fourth-order valence-electron chi connectivity index (χ4n) is 6.42. The molecule has 7 aromatic rings. The number of hydrogen-bond acceptors (Lipinski definition) is 1. The van der Waals surface area contributed by atoms with E-state index in [1.54, 1.807) is 0 Å². The molecule has 2 aromatic heterocycles. The van der Waals surface area contributed by atoms with Gasteiger partial charge in [-0.05, 0) is 41.5 Å². The first kappa shape index (κ1) is 24.8. The number of nitrogens with zero attached hydrogens (tertiary/aromatic N) is 4. The molecule has 4 heteroatoms. The summed E-state index contributed by atoms with van der Waals surface area (Å²) in [5, 5.41) is 14.0. The summed E-state index contributed by atoms with van der Waals surface area (Å²) in [6, 6.07) is 34.4. The normalized spacial score (nSPS) is 11.0. The first-order chi connectivity index (χ1) is 20.7. The van der Waals surface area contributed by atoms with Crippen LogP contribution in [0.15, 0.2) is 97.1 Å². The highest BCUT2D eigenvalue weighted by molar-refractivity contribution is 6.32. The van der Waals surface area contributed by atoms with Crippen molar-refractivity contribution in [3.8, 4) is 53.0 Å². The third kappa shape index (κ3) is 3.51. The van der Waals surface area contributed by atoms with Crippen LogP contribution in [-0.2, 0) is 13.1 Å². The van der Waals surface area contributed by atoms with Gasteiger partial charge in [0.1, 0.15) is 0 Å². The van der Waals surface area contributed by atoms with Gasteiger partial charge in [0, 0.05) is 32.7 Å². The van der Waals surface area contributed by atoms with Crippen LogP contribution in [0.5, 0.6) is 0 Å². The van der Waals surface area contributed by atoms with E-state index in [2.05, 4.69) is 68.3 Å². The molecule has 0 N–H and O–H groups in total. The van der Waals surface area contributed by atoms with Crippen molar-refractivity contribution < 1.29 is 0 Å². The molecule has 194 valence electrons. The lowest BCUT2D eigenvalue weighted by molar-refractivity contribution is 0.921. The molecule has 7 rings (SSSR count). The number of hydrogen-bond donors (Lipinski definition) is 0. The fraction of sp³-hybridized carbons (Fsp3) is 0.0526. The van der Waals surface area contributed by atoms with Gasteiger partial charge in [0.05, 0.1) is 53.4 Å². The Labute approximate surface area is 243 Å². The molecular weight excluding hydrogens is 512 g/mol. The molecule has 0 atom stereocenters. The highest BCUT2D eigenvalue weighted by Gasteiger charge is 2.27. The van der Waals surface area contributed by atoms with Gasteiger partial charge < -0.3 is 9.13 Å². The van der Waals surface area contributed by atoms with Crippen LogP contribution in [0.4, 0.5) is 5.69 Å². The van der Waals surface area contributed by atoms with Crippen LogP contribution >= 0.6 is 0 Å². The van der Waals surface area contributed by atoms with E-state index in [9.17, 15) is 5.26 Å².